The number of benzene rings is 1. The average molecular weight is 526 g/mol. The van der Waals surface area contributed by atoms with Gasteiger partial charge >= 0.3 is 10.2 Å². The zero-order chi connectivity index (χ0) is 23.8. The van der Waals surface area contributed by atoms with Crippen LogP contribution >= 0.6 is 15.9 Å². The van der Waals surface area contributed by atoms with Crippen molar-refractivity contribution in [1.82, 2.24) is 9.62 Å². The Bertz CT molecular complexity index is 1210. The fraction of sp³-hybridized carbons (Fsp3) is 0.350. The normalized spacial score (nSPS) is 17.6. The molecule has 1 aromatic heterocycles. The Morgan fingerprint density at radius 1 is 1.34 bits per heavy atom. The van der Waals surface area contributed by atoms with Gasteiger partial charge in [0.1, 0.15) is 18.1 Å². The van der Waals surface area contributed by atoms with Crippen molar-refractivity contribution in [2.45, 2.75) is 26.8 Å². The first-order valence-corrected chi connectivity index (χ1v) is 11.8. The van der Waals surface area contributed by atoms with Gasteiger partial charge in [0, 0.05) is 14.1 Å². The molecule has 2 aromatic rings. The molecule has 0 radical (unpaired) electrons. The quantitative estimate of drug-likeness (QED) is 0.523. The Hall–Kier alpha value is -2.86. The molecule has 0 unspecified atom stereocenters. The number of rotatable bonds is 4. The third kappa shape index (κ3) is 5.13. The van der Waals surface area contributed by atoms with E-state index in [1.807, 2.05) is 20.8 Å². The maximum Gasteiger partial charge on any atom is 0.345 e. The van der Waals surface area contributed by atoms with Gasteiger partial charge in [-0.15, -0.1) is 4.40 Å². The van der Waals surface area contributed by atoms with E-state index in [4.69, 9.17) is 4.42 Å². The third-order valence-corrected chi connectivity index (χ3v) is 5.81. The summed E-state index contributed by atoms with van der Waals surface area (Å²) in [4.78, 5) is 18.2. The number of carbonyl (C=O) groups is 1. The number of aromatic hydroxyl groups is 1. The molecule has 12 heteroatoms. The summed E-state index contributed by atoms with van der Waals surface area (Å²) < 4.78 is 36.7. The summed E-state index contributed by atoms with van der Waals surface area (Å²) in [6.07, 6.45) is 1.52. The second-order valence-corrected chi connectivity index (χ2v) is 10.7. The van der Waals surface area contributed by atoms with E-state index >= 15 is 0 Å². The van der Waals surface area contributed by atoms with Crippen LogP contribution in [-0.4, -0.2) is 50.1 Å². The molecule has 1 aliphatic heterocycles. The monoisotopic (exact) mass is 525 g/mol. The van der Waals surface area contributed by atoms with Crippen LogP contribution in [0.15, 0.2) is 48.8 Å². The first-order valence-electron chi connectivity index (χ1n) is 9.54. The Labute approximate surface area is 194 Å². The maximum atomic E-state index is 12.3. The first kappa shape index (κ1) is 23.8. The summed E-state index contributed by atoms with van der Waals surface area (Å²) in [5, 5.41) is 13.4. The Kier molecular flexibility index (Phi) is 6.38. The van der Waals surface area contributed by atoms with Gasteiger partial charge in [0.2, 0.25) is 0 Å². The molecule has 32 heavy (non-hydrogen) atoms. The van der Waals surface area contributed by atoms with Crippen molar-refractivity contribution >= 4 is 49.4 Å². The number of anilines is 1. The molecule has 1 aliphatic rings. The van der Waals surface area contributed by atoms with Crippen LogP contribution in [0.3, 0.4) is 0 Å². The minimum Gasteiger partial charge on any atom is -0.505 e. The molecular formula is C20H24BrN5O5S. The fourth-order valence-electron chi connectivity index (χ4n) is 3.00. The number of aliphatic imine (C=N–C) groups is 1. The van der Waals surface area contributed by atoms with Crippen molar-refractivity contribution in [3.63, 3.8) is 0 Å². The van der Waals surface area contributed by atoms with Crippen LogP contribution < -0.4 is 10.0 Å². The zero-order valence-electron chi connectivity index (χ0n) is 18.2. The lowest BCUT2D eigenvalue weighted by atomic mass is 9.85. The summed E-state index contributed by atoms with van der Waals surface area (Å²) in [5.74, 6) is -0.366. The van der Waals surface area contributed by atoms with E-state index in [1.54, 1.807) is 26.2 Å². The maximum absolute atomic E-state index is 12.3. The van der Waals surface area contributed by atoms with Crippen molar-refractivity contribution in [1.29, 1.82) is 0 Å². The number of para-hydroxylation sites is 1. The van der Waals surface area contributed by atoms with Crippen LogP contribution in [0.5, 0.6) is 5.75 Å². The molecule has 2 heterocycles. The third-order valence-electron chi connectivity index (χ3n) is 4.52. The number of phenolic OH excluding ortho intramolecular Hbond substituents is 1. The van der Waals surface area contributed by atoms with Gasteiger partial charge in [-0.2, -0.15) is 8.42 Å². The van der Waals surface area contributed by atoms with Gasteiger partial charge in [-0.1, -0.05) is 26.8 Å². The number of amidine groups is 2. The molecule has 0 fully saturated rings. The van der Waals surface area contributed by atoms with Crippen molar-refractivity contribution < 1.29 is 22.7 Å². The molecule has 3 rings (SSSR count). The van der Waals surface area contributed by atoms with Gasteiger partial charge in [-0.05, 0) is 39.5 Å². The smallest absolute Gasteiger partial charge is 0.345 e. The number of hydrogen-bond acceptors (Lipinski definition) is 7. The van der Waals surface area contributed by atoms with Crippen LogP contribution in [0.25, 0.3) is 0 Å². The van der Waals surface area contributed by atoms with E-state index in [0.29, 0.717) is 5.76 Å². The highest BCUT2D eigenvalue weighted by atomic mass is 79.9. The second-order valence-electron chi connectivity index (χ2n) is 8.46. The van der Waals surface area contributed by atoms with Crippen molar-refractivity contribution in [2.24, 2.45) is 14.8 Å². The van der Waals surface area contributed by atoms with Crippen LogP contribution in [-0.2, 0) is 10.2 Å². The summed E-state index contributed by atoms with van der Waals surface area (Å²) in [7, 11) is -0.919. The van der Waals surface area contributed by atoms with E-state index < -0.39 is 27.6 Å². The van der Waals surface area contributed by atoms with E-state index in [1.165, 1.54) is 23.3 Å². The number of halogens is 1. The minimum absolute atomic E-state index is 0.0406. The van der Waals surface area contributed by atoms with Crippen LogP contribution in [0.1, 0.15) is 42.9 Å². The molecule has 0 aliphatic carbocycles. The summed E-state index contributed by atoms with van der Waals surface area (Å²) in [6.45, 7) is 5.82. The molecule has 0 bridgehead atoms. The molecule has 10 nitrogen and oxygen atoms in total. The summed E-state index contributed by atoms with van der Waals surface area (Å²) in [5.41, 5.74) is -0.263. The number of hydrogen-bond donors (Lipinski definition) is 3. The van der Waals surface area contributed by atoms with Gasteiger partial charge in [0.05, 0.1) is 15.7 Å². The van der Waals surface area contributed by atoms with E-state index in [9.17, 15) is 18.3 Å². The molecule has 1 aromatic carbocycles. The highest BCUT2D eigenvalue weighted by Gasteiger charge is 2.34. The number of nitrogens with zero attached hydrogens (tertiary/aromatic N) is 3. The van der Waals surface area contributed by atoms with Crippen molar-refractivity contribution in [2.75, 3.05) is 19.4 Å². The van der Waals surface area contributed by atoms with Gasteiger partial charge in [-0.25, -0.2) is 4.72 Å². The molecule has 0 saturated heterocycles. The van der Waals surface area contributed by atoms with Crippen LogP contribution in [0, 0.1) is 5.41 Å². The highest BCUT2D eigenvalue weighted by molar-refractivity contribution is 9.10. The summed E-state index contributed by atoms with van der Waals surface area (Å²) in [6, 6.07) is 5.74. The first-order chi connectivity index (χ1) is 14.8. The number of phenols is 1. The molecule has 0 spiro atoms. The minimum atomic E-state index is -4.04. The topological polar surface area (TPSA) is 137 Å². The molecular weight excluding hydrogens is 502 g/mol. The standard InChI is InChI=1S/C20H24BrN5O5S/c1-20(2,3)16(14-9-11(21)10-31-14)23-18-17(24-32(29,30)25-18)22-13-8-6-7-12(15(13)27)19(28)26(4)5/h6-10,16,27H,1-5H3,(H,22,24)(H,23,25)/t16-/m0/s1. The average Bonchev–Trinajstić information content (AvgIpc) is 3.21. The van der Waals surface area contributed by atoms with Gasteiger partial charge in [-0.3, -0.25) is 9.79 Å². The Morgan fingerprint density at radius 3 is 2.59 bits per heavy atom. The van der Waals surface area contributed by atoms with Crippen LogP contribution in [0.4, 0.5) is 5.69 Å². The van der Waals surface area contributed by atoms with Gasteiger partial charge in [0.15, 0.2) is 17.4 Å². The number of nitrogens with one attached hydrogen (secondary N) is 2. The number of furan rings is 1. The molecule has 0 saturated carbocycles. The summed E-state index contributed by atoms with van der Waals surface area (Å²) >= 11 is 3.34. The Morgan fingerprint density at radius 2 is 2.03 bits per heavy atom. The van der Waals surface area contributed by atoms with Crippen molar-refractivity contribution in [3.8, 4) is 5.75 Å². The fourth-order valence-corrected chi connectivity index (χ4v) is 4.13. The lowest BCUT2D eigenvalue weighted by molar-refractivity contribution is 0.0824. The second kappa shape index (κ2) is 8.58. The zero-order valence-corrected chi connectivity index (χ0v) is 20.6. The Balaban J connectivity index is 2.02. The largest absolute Gasteiger partial charge is 0.505 e. The van der Waals surface area contributed by atoms with Gasteiger partial charge in [0.25, 0.3) is 5.91 Å². The predicted molar refractivity (Wildman–Crippen MR) is 125 cm³/mol. The molecule has 1 atom stereocenters. The van der Waals surface area contributed by atoms with Gasteiger partial charge < -0.3 is 19.7 Å². The predicted octanol–water partition coefficient (Wildman–Crippen LogP) is 3.29. The molecule has 1 amide bonds. The lowest BCUT2D eigenvalue weighted by Crippen LogP contribution is -2.32. The van der Waals surface area contributed by atoms with E-state index in [0.717, 1.165) is 4.47 Å². The van der Waals surface area contributed by atoms with Crippen LogP contribution in [0.2, 0.25) is 0 Å². The lowest BCUT2D eigenvalue weighted by Gasteiger charge is -2.26. The number of carbonyl (C=O) groups excluding carboxylic acids is 1. The van der Waals surface area contributed by atoms with E-state index in [2.05, 4.69) is 35.4 Å². The molecule has 3 N–H and O–H groups in total. The van der Waals surface area contributed by atoms with Crippen molar-refractivity contribution in [3.05, 3.63) is 46.3 Å². The van der Waals surface area contributed by atoms with E-state index in [-0.39, 0.29) is 28.7 Å². The SMILES string of the molecule is CN(C)C(=O)c1cccc(NC2=NS(=O)(=O)NC2=N[C@@H](c2cc(Br)co2)C(C)(C)C)c1O. The number of amides is 1. The highest BCUT2D eigenvalue weighted by Crippen LogP contribution is 2.38. The molecule has 172 valence electrons.